The summed E-state index contributed by atoms with van der Waals surface area (Å²) in [6, 6.07) is 13.6. The molecule has 0 amide bonds. The van der Waals surface area contributed by atoms with Crippen molar-refractivity contribution in [2.24, 2.45) is 21.6 Å². The maximum Gasteiger partial charge on any atom is 0.148 e. The predicted molar refractivity (Wildman–Crippen MR) is 111 cm³/mol. The molecule has 0 bridgehead atoms. The van der Waals surface area contributed by atoms with Crippen LogP contribution < -0.4 is 5.73 Å². The van der Waals surface area contributed by atoms with Crippen LogP contribution in [0.5, 0.6) is 0 Å². The van der Waals surface area contributed by atoms with Crippen LogP contribution in [0.4, 0.5) is 10.1 Å². The lowest BCUT2D eigenvalue weighted by Crippen LogP contribution is -2.37. The van der Waals surface area contributed by atoms with Gasteiger partial charge in [0.15, 0.2) is 0 Å². The average molecular weight is 387 g/mol. The SMILES string of the molecule is CC1CCN(CC(=Nc2ccccc2F)N=C(N)c2ccc(Cl)cc2)CC1. The van der Waals surface area contributed by atoms with Crippen molar-refractivity contribution in [3.05, 3.63) is 64.9 Å². The molecule has 142 valence electrons. The summed E-state index contributed by atoms with van der Waals surface area (Å²) in [5, 5.41) is 0.634. The first-order chi connectivity index (χ1) is 13.0. The summed E-state index contributed by atoms with van der Waals surface area (Å²) in [7, 11) is 0. The largest absolute Gasteiger partial charge is 0.383 e. The minimum Gasteiger partial charge on any atom is -0.383 e. The van der Waals surface area contributed by atoms with E-state index in [0.29, 0.717) is 23.2 Å². The molecule has 4 nitrogen and oxygen atoms in total. The Balaban J connectivity index is 1.88. The number of aliphatic imine (C=N–C) groups is 2. The molecule has 1 aliphatic heterocycles. The number of nitrogens with zero attached hydrogens (tertiary/aromatic N) is 3. The lowest BCUT2D eigenvalue weighted by Gasteiger charge is -2.29. The van der Waals surface area contributed by atoms with Crippen molar-refractivity contribution in [2.45, 2.75) is 19.8 Å². The van der Waals surface area contributed by atoms with E-state index in [4.69, 9.17) is 17.3 Å². The van der Waals surface area contributed by atoms with Gasteiger partial charge in [0.25, 0.3) is 0 Å². The van der Waals surface area contributed by atoms with E-state index in [0.717, 1.165) is 37.4 Å². The second-order valence-electron chi connectivity index (χ2n) is 6.94. The zero-order valence-electron chi connectivity index (χ0n) is 15.4. The fourth-order valence-corrected chi connectivity index (χ4v) is 3.15. The van der Waals surface area contributed by atoms with Crippen molar-refractivity contribution in [3.63, 3.8) is 0 Å². The van der Waals surface area contributed by atoms with E-state index in [1.165, 1.54) is 6.07 Å². The Bertz CT molecular complexity index is 824. The van der Waals surface area contributed by atoms with Crippen LogP contribution >= 0.6 is 11.6 Å². The summed E-state index contributed by atoms with van der Waals surface area (Å²) in [6.07, 6.45) is 2.28. The van der Waals surface area contributed by atoms with Gasteiger partial charge in [0, 0.05) is 10.6 Å². The fourth-order valence-electron chi connectivity index (χ4n) is 3.02. The van der Waals surface area contributed by atoms with Gasteiger partial charge in [-0.1, -0.05) is 30.7 Å². The standard InChI is InChI=1S/C21H24ClFN4/c1-15-10-12-27(13-11-15)14-20(25-19-5-3-2-4-18(19)23)26-21(24)16-6-8-17(22)9-7-16/h2-9,15H,10-14H2,1H3,(H2,24,25,26). The number of halogens is 2. The van der Waals surface area contributed by atoms with E-state index in [1.54, 1.807) is 30.3 Å². The Morgan fingerprint density at radius 1 is 1.15 bits per heavy atom. The summed E-state index contributed by atoms with van der Waals surface area (Å²) < 4.78 is 14.1. The van der Waals surface area contributed by atoms with Crippen molar-refractivity contribution in [3.8, 4) is 0 Å². The third-order valence-corrected chi connectivity index (χ3v) is 4.98. The number of para-hydroxylation sites is 1. The van der Waals surface area contributed by atoms with Crippen LogP contribution in [0.1, 0.15) is 25.3 Å². The summed E-state index contributed by atoms with van der Waals surface area (Å²) in [6.45, 7) is 4.76. The first kappa shape index (κ1) is 19.5. The van der Waals surface area contributed by atoms with E-state index < -0.39 is 0 Å². The highest BCUT2D eigenvalue weighted by Gasteiger charge is 2.17. The number of piperidine rings is 1. The third-order valence-electron chi connectivity index (χ3n) is 4.73. The number of amidine groups is 2. The molecule has 6 heteroatoms. The molecule has 2 N–H and O–H groups in total. The third kappa shape index (κ3) is 5.62. The molecule has 27 heavy (non-hydrogen) atoms. The average Bonchev–Trinajstić information content (AvgIpc) is 2.66. The van der Waals surface area contributed by atoms with Crippen LogP contribution in [-0.4, -0.2) is 36.2 Å². The topological polar surface area (TPSA) is 54.0 Å². The molecule has 0 atom stereocenters. The van der Waals surface area contributed by atoms with E-state index in [2.05, 4.69) is 21.8 Å². The lowest BCUT2D eigenvalue weighted by molar-refractivity contribution is 0.215. The number of rotatable bonds is 4. The maximum absolute atomic E-state index is 14.1. The van der Waals surface area contributed by atoms with Gasteiger partial charge in [-0.15, -0.1) is 0 Å². The van der Waals surface area contributed by atoms with Crippen LogP contribution in [0, 0.1) is 11.7 Å². The molecular weight excluding hydrogens is 363 g/mol. The first-order valence-electron chi connectivity index (χ1n) is 9.16. The molecule has 0 unspecified atom stereocenters. The molecule has 1 fully saturated rings. The molecule has 0 radical (unpaired) electrons. The van der Waals surface area contributed by atoms with Gasteiger partial charge in [-0.3, -0.25) is 4.90 Å². The minimum atomic E-state index is -0.373. The highest BCUT2D eigenvalue weighted by Crippen LogP contribution is 2.19. The fraction of sp³-hybridized carbons (Fsp3) is 0.333. The molecule has 2 aromatic carbocycles. The molecule has 3 rings (SSSR count). The molecule has 2 aromatic rings. The van der Waals surface area contributed by atoms with Gasteiger partial charge in [-0.05, 0) is 68.2 Å². The van der Waals surface area contributed by atoms with Crippen molar-refractivity contribution >= 4 is 29.0 Å². The highest BCUT2D eigenvalue weighted by molar-refractivity contribution is 6.30. The van der Waals surface area contributed by atoms with Crippen molar-refractivity contribution in [1.82, 2.24) is 4.90 Å². The smallest absolute Gasteiger partial charge is 0.148 e. The molecule has 0 aliphatic carbocycles. The lowest BCUT2D eigenvalue weighted by atomic mass is 9.99. The van der Waals surface area contributed by atoms with Crippen LogP contribution in [0.15, 0.2) is 58.5 Å². The van der Waals surface area contributed by atoms with Gasteiger partial charge in [0.2, 0.25) is 0 Å². The summed E-state index contributed by atoms with van der Waals surface area (Å²) >= 11 is 5.93. The Kier molecular flexibility index (Phi) is 6.58. The number of hydrogen-bond donors (Lipinski definition) is 1. The van der Waals surface area contributed by atoms with Gasteiger partial charge in [0.05, 0.1) is 6.54 Å². The van der Waals surface area contributed by atoms with E-state index in [9.17, 15) is 4.39 Å². The Morgan fingerprint density at radius 2 is 1.81 bits per heavy atom. The van der Waals surface area contributed by atoms with Crippen molar-refractivity contribution < 1.29 is 4.39 Å². The number of hydrogen-bond acceptors (Lipinski definition) is 2. The number of nitrogens with two attached hydrogens (primary N) is 1. The van der Waals surface area contributed by atoms with Crippen LogP contribution in [0.2, 0.25) is 5.02 Å². The molecule has 0 aromatic heterocycles. The first-order valence-corrected chi connectivity index (χ1v) is 9.53. The van der Waals surface area contributed by atoms with Gasteiger partial charge in [-0.2, -0.15) is 0 Å². The molecule has 0 spiro atoms. The second kappa shape index (κ2) is 9.11. The molecule has 1 heterocycles. The summed E-state index contributed by atoms with van der Waals surface area (Å²) in [4.78, 5) is 11.3. The van der Waals surface area contributed by atoms with Crippen LogP contribution in [-0.2, 0) is 0 Å². The van der Waals surface area contributed by atoms with E-state index in [-0.39, 0.29) is 11.5 Å². The monoisotopic (exact) mass is 386 g/mol. The second-order valence-corrected chi connectivity index (χ2v) is 7.38. The quantitative estimate of drug-likeness (QED) is 0.614. The van der Waals surface area contributed by atoms with Gasteiger partial charge in [-0.25, -0.2) is 14.4 Å². The van der Waals surface area contributed by atoms with Gasteiger partial charge < -0.3 is 5.73 Å². The normalized spacial score (nSPS) is 17.3. The zero-order chi connectivity index (χ0) is 19.2. The number of benzene rings is 2. The van der Waals surface area contributed by atoms with Crippen molar-refractivity contribution in [1.29, 1.82) is 0 Å². The Labute approximate surface area is 164 Å². The van der Waals surface area contributed by atoms with E-state index >= 15 is 0 Å². The zero-order valence-corrected chi connectivity index (χ0v) is 16.2. The summed E-state index contributed by atoms with van der Waals surface area (Å²) in [5.41, 5.74) is 7.20. The maximum atomic E-state index is 14.1. The van der Waals surface area contributed by atoms with Crippen LogP contribution in [0.25, 0.3) is 0 Å². The van der Waals surface area contributed by atoms with Gasteiger partial charge in [0.1, 0.15) is 23.2 Å². The predicted octanol–water partition coefficient (Wildman–Crippen LogP) is 4.65. The Morgan fingerprint density at radius 3 is 2.48 bits per heavy atom. The molecular formula is C21H24ClFN4. The minimum absolute atomic E-state index is 0.269. The Hall–Kier alpha value is -2.24. The van der Waals surface area contributed by atoms with Crippen LogP contribution in [0.3, 0.4) is 0 Å². The summed E-state index contributed by atoms with van der Waals surface area (Å²) in [5.74, 6) is 1.20. The van der Waals surface area contributed by atoms with Crippen molar-refractivity contribution in [2.75, 3.05) is 19.6 Å². The molecule has 0 saturated carbocycles. The van der Waals surface area contributed by atoms with E-state index in [1.807, 2.05) is 12.1 Å². The molecule has 1 saturated heterocycles. The molecule has 1 aliphatic rings. The van der Waals surface area contributed by atoms with Gasteiger partial charge >= 0.3 is 0 Å². The number of likely N-dealkylation sites (tertiary alicyclic amines) is 1. The highest BCUT2D eigenvalue weighted by atomic mass is 35.5.